The molecule has 3 rings (SSSR count). The standard InChI is InChI=1S/C16H12ClFN4O.C3H8/c17-12-8-21-16(19)22-14(12)11-6-13(15(18)20-7-11)23-9-10-4-2-1-3-5-10;1-3-2/h1-8H,9H2,(H2,19,21,22);3H2,1-2H3. The quantitative estimate of drug-likeness (QED) is 0.657. The van der Waals surface area contributed by atoms with Crippen molar-refractivity contribution in [3.63, 3.8) is 0 Å². The molecular formula is C19H20ClFN4O. The van der Waals surface area contributed by atoms with E-state index in [2.05, 4.69) is 28.8 Å². The van der Waals surface area contributed by atoms with Crippen molar-refractivity contribution in [2.75, 3.05) is 5.73 Å². The van der Waals surface area contributed by atoms with Gasteiger partial charge < -0.3 is 10.5 Å². The Hall–Kier alpha value is -2.73. The van der Waals surface area contributed by atoms with E-state index in [-0.39, 0.29) is 18.3 Å². The first-order valence-corrected chi connectivity index (χ1v) is 8.53. The number of nitrogens with two attached hydrogens (primary N) is 1. The second kappa shape index (κ2) is 9.68. The van der Waals surface area contributed by atoms with Gasteiger partial charge in [-0.25, -0.2) is 15.0 Å². The number of ether oxygens (including phenoxy) is 1. The number of pyridine rings is 1. The average Bonchev–Trinajstić information content (AvgIpc) is 2.65. The molecule has 0 fully saturated rings. The van der Waals surface area contributed by atoms with Gasteiger partial charge in [-0.05, 0) is 11.6 Å². The number of rotatable bonds is 4. The minimum Gasteiger partial charge on any atom is -0.484 e. The number of aromatic nitrogens is 3. The molecule has 0 bridgehead atoms. The van der Waals surface area contributed by atoms with Crippen LogP contribution >= 0.6 is 11.6 Å². The highest BCUT2D eigenvalue weighted by molar-refractivity contribution is 6.32. The highest BCUT2D eigenvalue weighted by Crippen LogP contribution is 2.29. The fraction of sp³-hybridized carbons (Fsp3) is 0.211. The maximum atomic E-state index is 13.8. The highest BCUT2D eigenvalue weighted by Gasteiger charge is 2.12. The van der Waals surface area contributed by atoms with E-state index < -0.39 is 5.95 Å². The Morgan fingerprint density at radius 2 is 1.81 bits per heavy atom. The normalized spacial score (nSPS) is 10.0. The molecule has 0 unspecified atom stereocenters. The van der Waals surface area contributed by atoms with E-state index in [0.717, 1.165) is 5.56 Å². The van der Waals surface area contributed by atoms with Gasteiger partial charge in [-0.1, -0.05) is 62.2 Å². The summed E-state index contributed by atoms with van der Waals surface area (Å²) in [6, 6.07) is 10.9. The predicted molar refractivity (Wildman–Crippen MR) is 101 cm³/mol. The molecule has 26 heavy (non-hydrogen) atoms. The van der Waals surface area contributed by atoms with Crippen molar-refractivity contribution in [3.05, 3.63) is 65.3 Å². The number of hydrogen-bond acceptors (Lipinski definition) is 5. The number of hydrogen-bond donors (Lipinski definition) is 1. The number of nitrogen functional groups attached to an aromatic ring is 1. The molecule has 2 heterocycles. The topological polar surface area (TPSA) is 73.9 Å². The molecule has 0 spiro atoms. The summed E-state index contributed by atoms with van der Waals surface area (Å²) in [5.41, 5.74) is 7.34. The molecule has 136 valence electrons. The zero-order chi connectivity index (χ0) is 18.9. The Balaban J connectivity index is 0.000000758. The molecule has 0 aliphatic rings. The summed E-state index contributed by atoms with van der Waals surface area (Å²) in [5, 5.41) is 0.293. The molecule has 3 aromatic rings. The van der Waals surface area contributed by atoms with Crippen LogP contribution < -0.4 is 10.5 Å². The predicted octanol–water partition coefficient (Wildman–Crippen LogP) is 4.91. The lowest BCUT2D eigenvalue weighted by molar-refractivity contribution is 0.286. The molecule has 1 aromatic carbocycles. The van der Waals surface area contributed by atoms with Crippen molar-refractivity contribution in [3.8, 4) is 17.0 Å². The Bertz CT molecular complexity index is 846. The molecule has 0 atom stereocenters. The zero-order valence-electron chi connectivity index (χ0n) is 14.6. The maximum Gasteiger partial charge on any atom is 0.255 e. The van der Waals surface area contributed by atoms with Crippen LogP contribution in [-0.2, 0) is 6.61 Å². The smallest absolute Gasteiger partial charge is 0.255 e. The monoisotopic (exact) mass is 374 g/mol. The summed E-state index contributed by atoms with van der Waals surface area (Å²) >= 11 is 6.05. The van der Waals surface area contributed by atoms with Crippen LogP contribution in [0.1, 0.15) is 25.8 Å². The van der Waals surface area contributed by atoms with Crippen LogP contribution in [0.5, 0.6) is 5.75 Å². The lowest BCUT2D eigenvalue weighted by Gasteiger charge is -2.09. The van der Waals surface area contributed by atoms with E-state index in [1.165, 1.54) is 24.9 Å². The van der Waals surface area contributed by atoms with Crippen LogP contribution in [0.25, 0.3) is 11.3 Å². The molecule has 0 amide bonds. The summed E-state index contributed by atoms with van der Waals surface area (Å²) in [6.07, 6.45) is 3.95. The summed E-state index contributed by atoms with van der Waals surface area (Å²) in [5.74, 6) is -0.622. The van der Waals surface area contributed by atoms with Gasteiger partial charge in [0.15, 0.2) is 5.75 Å². The summed E-state index contributed by atoms with van der Waals surface area (Å²) < 4.78 is 19.3. The lowest BCUT2D eigenvalue weighted by Crippen LogP contribution is -2.01. The molecule has 5 nitrogen and oxygen atoms in total. The number of benzene rings is 1. The molecule has 0 saturated carbocycles. The van der Waals surface area contributed by atoms with Gasteiger partial charge in [0.25, 0.3) is 5.95 Å². The SMILES string of the molecule is CCC.Nc1ncc(Cl)c(-c2cnc(F)c(OCc3ccccc3)c2)n1. The van der Waals surface area contributed by atoms with E-state index >= 15 is 0 Å². The van der Waals surface area contributed by atoms with E-state index in [9.17, 15) is 4.39 Å². The second-order valence-corrected chi connectivity index (χ2v) is 5.83. The van der Waals surface area contributed by atoms with Gasteiger partial charge in [0, 0.05) is 11.8 Å². The molecule has 0 radical (unpaired) electrons. The average molecular weight is 375 g/mol. The summed E-state index contributed by atoms with van der Waals surface area (Å²) in [4.78, 5) is 11.5. The molecule has 7 heteroatoms. The lowest BCUT2D eigenvalue weighted by atomic mass is 10.2. The van der Waals surface area contributed by atoms with Crippen molar-refractivity contribution in [2.24, 2.45) is 0 Å². The van der Waals surface area contributed by atoms with Crippen LogP contribution in [0.3, 0.4) is 0 Å². The Morgan fingerprint density at radius 1 is 1.12 bits per heavy atom. The van der Waals surface area contributed by atoms with Gasteiger partial charge in [-0.15, -0.1) is 0 Å². The molecular weight excluding hydrogens is 355 g/mol. The van der Waals surface area contributed by atoms with E-state index in [0.29, 0.717) is 16.3 Å². The molecule has 0 aliphatic carbocycles. The van der Waals surface area contributed by atoms with Gasteiger partial charge >= 0.3 is 0 Å². The summed E-state index contributed by atoms with van der Waals surface area (Å²) in [7, 11) is 0. The largest absolute Gasteiger partial charge is 0.484 e. The van der Waals surface area contributed by atoms with Crippen LogP contribution in [0.2, 0.25) is 5.02 Å². The van der Waals surface area contributed by atoms with Crippen LogP contribution in [0, 0.1) is 5.95 Å². The maximum absolute atomic E-state index is 13.8. The van der Waals surface area contributed by atoms with Crippen molar-refractivity contribution < 1.29 is 9.13 Å². The first kappa shape index (κ1) is 19.6. The van der Waals surface area contributed by atoms with Crippen LogP contribution in [0.15, 0.2) is 48.8 Å². The summed E-state index contributed by atoms with van der Waals surface area (Å²) in [6.45, 7) is 4.47. The Kier molecular flexibility index (Phi) is 7.29. The van der Waals surface area contributed by atoms with Gasteiger partial charge in [0.1, 0.15) is 6.61 Å². The molecule has 0 aliphatic heterocycles. The molecule has 2 aromatic heterocycles. The van der Waals surface area contributed by atoms with Gasteiger partial charge in [0.05, 0.1) is 16.9 Å². The number of halogens is 2. The van der Waals surface area contributed by atoms with Crippen molar-refractivity contribution in [2.45, 2.75) is 26.9 Å². The Morgan fingerprint density at radius 3 is 2.50 bits per heavy atom. The van der Waals surface area contributed by atoms with Crippen molar-refractivity contribution in [1.29, 1.82) is 0 Å². The van der Waals surface area contributed by atoms with E-state index in [4.69, 9.17) is 22.1 Å². The third-order valence-corrected chi connectivity index (χ3v) is 3.36. The van der Waals surface area contributed by atoms with E-state index in [1.807, 2.05) is 30.3 Å². The van der Waals surface area contributed by atoms with E-state index in [1.54, 1.807) is 0 Å². The second-order valence-electron chi connectivity index (χ2n) is 5.42. The molecule has 2 N–H and O–H groups in total. The van der Waals surface area contributed by atoms with Gasteiger partial charge in [0.2, 0.25) is 5.95 Å². The third kappa shape index (κ3) is 5.39. The number of nitrogens with zero attached hydrogens (tertiary/aromatic N) is 3. The fourth-order valence-electron chi connectivity index (χ4n) is 1.98. The minimum absolute atomic E-state index is 0.0135. The fourth-order valence-corrected chi connectivity index (χ4v) is 2.18. The first-order chi connectivity index (χ1) is 12.5. The zero-order valence-corrected chi connectivity index (χ0v) is 15.4. The first-order valence-electron chi connectivity index (χ1n) is 8.15. The van der Waals surface area contributed by atoms with Gasteiger partial charge in [-0.2, -0.15) is 4.39 Å². The minimum atomic E-state index is -0.706. The Labute approximate surface area is 157 Å². The highest BCUT2D eigenvalue weighted by atomic mass is 35.5. The van der Waals surface area contributed by atoms with Crippen molar-refractivity contribution in [1.82, 2.24) is 15.0 Å². The molecule has 0 saturated heterocycles. The van der Waals surface area contributed by atoms with Gasteiger partial charge in [-0.3, -0.25) is 0 Å². The van der Waals surface area contributed by atoms with Crippen LogP contribution in [0.4, 0.5) is 10.3 Å². The third-order valence-electron chi connectivity index (χ3n) is 3.08. The van der Waals surface area contributed by atoms with Crippen LogP contribution in [-0.4, -0.2) is 15.0 Å². The number of anilines is 1. The van der Waals surface area contributed by atoms with Crippen molar-refractivity contribution >= 4 is 17.5 Å².